The summed E-state index contributed by atoms with van der Waals surface area (Å²) < 4.78 is 13.8. The molecule has 108 valence electrons. The van der Waals surface area contributed by atoms with E-state index in [2.05, 4.69) is 31.9 Å². The molecular weight excluding hydrogens is 401 g/mol. The topological polar surface area (TPSA) is 20.3 Å². The molecule has 0 radical (unpaired) electrons. The Kier molecular flexibility index (Phi) is 3.88. The normalized spacial score (nSPS) is 15.2. The zero-order valence-corrected chi connectivity index (χ0v) is 14.4. The van der Waals surface area contributed by atoms with Gasteiger partial charge >= 0.3 is 0 Å². The van der Waals surface area contributed by atoms with Gasteiger partial charge in [0.25, 0.3) is 0 Å². The highest BCUT2D eigenvalue weighted by Crippen LogP contribution is 2.36. The van der Waals surface area contributed by atoms with E-state index in [1.807, 2.05) is 18.2 Å². The number of hydrogen-bond acceptors (Lipinski definition) is 1. The number of halogens is 3. The standard InChI is InChI=1S/C16H12Br2FNO/c1-20-14-5-3-9(6-11(14)8-15(20)21)16(18)10-2-4-13(19)12(17)7-10/h2-7,16H,8H2,1H3. The molecule has 1 amide bonds. The monoisotopic (exact) mass is 411 g/mol. The number of rotatable bonds is 2. The molecule has 0 aromatic heterocycles. The third kappa shape index (κ3) is 2.64. The maximum atomic E-state index is 13.3. The quantitative estimate of drug-likeness (QED) is 0.660. The first-order valence-corrected chi connectivity index (χ1v) is 8.16. The second-order valence-electron chi connectivity index (χ2n) is 5.05. The van der Waals surface area contributed by atoms with Crippen molar-refractivity contribution in [1.29, 1.82) is 0 Å². The van der Waals surface area contributed by atoms with Crippen molar-refractivity contribution in [3.63, 3.8) is 0 Å². The summed E-state index contributed by atoms with van der Waals surface area (Å²) in [6.07, 6.45) is 0.437. The van der Waals surface area contributed by atoms with E-state index >= 15 is 0 Å². The SMILES string of the molecule is CN1C(=O)Cc2cc(C(Br)c3ccc(F)c(Br)c3)ccc21. The van der Waals surface area contributed by atoms with Gasteiger partial charge in [-0.25, -0.2) is 4.39 Å². The maximum Gasteiger partial charge on any atom is 0.231 e. The van der Waals surface area contributed by atoms with Gasteiger partial charge in [-0.3, -0.25) is 4.79 Å². The van der Waals surface area contributed by atoms with Crippen LogP contribution in [0.3, 0.4) is 0 Å². The lowest BCUT2D eigenvalue weighted by Crippen LogP contribution is -2.20. The van der Waals surface area contributed by atoms with Crippen LogP contribution in [0.15, 0.2) is 40.9 Å². The van der Waals surface area contributed by atoms with Crippen molar-refractivity contribution in [3.8, 4) is 0 Å². The second-order valence-corrected chi connectivity index (χ2v) is 6.82. The van der Waals surface area contributed by atoms with Gasteiger partial charge in [-0.05, 0) is 50.8 Å². The van der Waals surface area contributed by atoms with Crippen LogP contribution in [0.4, 0.5) is 10.1 Å². The number of nitrogens with zero attached hydrogens (tertiary/aromatic N) is 1. The summed E-state index contributed by atoms with van der Waals surface area (Å²) in [7, 11) is 1.79. The number of alkyl halides is 1. The van der Waals surface area contributed by atoms with Crippen LogP contribution in [0.2, 0.25) is 0 Å². The third-order valence-corrected chi connectivity index (χ3v) is 5.37. The minimum atomic E-state index is -0.278. The lowest BCUT2D eigenvalue weighted by Gasteiger charge is -2.14. The largest absolute Gasteiger partial charge is 0.315 e. The van der Waals surface area contributed by atoms with Crippen molar-refractivity contribution >= 4 is 43.5 Å². The third-order valence-electron chi connectivity index (χ3n) is 3.71. The average molecular weight is 413 g/mol. The molecule has 0 spiro atoms. The molecule has 2 nitrogen and oxygen atoms in total. The van der Waals surface area contributed by atoms with Crippen molar-refractivity contribution in [1.82, 2.24) is 0 Å². The summed E-state index contributed by atoms with van der Waals surface area (Å²) in [6, 6.07) is 10.9. The van der Waals surface area contributed by atoms with Crippen LogP contribution in [0, 0.1) is 5.82 Å². The highest BCUT2D eigenvalue weighted by molar-refractivity contribution is 9.10. The molecule has 2 aromatic rings. The van der Waals surface area contributed by atoms with E-state index in [9.17, 15) is 9.18 Å². The lowest BCUT2D eigenvalue weighted by molar-refractivity contribution is -0.117. The number of benzene rings is 2. The van der Waals surface area contributed by atoms with Crippen molar-refractivity contribution < 1.29 is 9.18 Å². The molecule has 2 aromatic carbocycles. The van der Waals surface area contributed by atoms with Gasteiger partial charge in [0.05, 0.1) is 15.7 Å². The Labute approximate surface area is 139 Å². The fraction of sp³-hybridized carbons (Fsp3) is 0.188. The lowest BCUT2D eigenvalue weighted by atomic mass is 10.0. The average Bonchev–Trinajstić information content (AvgIpc) is 2.76. The predicted octanol–water partition coefficient (Wildman–Crippen LogP) is 4.59. The Hall–Kier alpha value is -1.20. The van der Waals surface area contributed by atoms with Gasteiger partial charge in [0.2, 0.25) is 5.91 Å². The van der Waals surface area contributed by atoms with Crippen molar-refractivity contribution in [3.05, 3.63) is 63.4 Å². The van der Waals surface area contributed by atoms with Gasteiger partial charge in [0.1, 0.15) is 5.82 Å². The molecular formula is C16H12Br2FNO. The summed E-state index contributed by atoms with van der Waals surface area (Å²) >= 11 is 6.85. The van der Waals surface area contributed by atoms with Gasteiger partial charge in [0.15, 0.2) is 0 Å². The first kappa shape index (κ1) is 14.7. The molecule has 0 saturated heterocycles. The molecule has 0 N–H and O–H groups in total. The molecule has 0 bridgehead atoms. The number of anilines is 1. The van der Waals surface area contributed by atoms with Crippen LogP contribution >= 0.6 is 31.9 Å². The first-order valence-electron chi connectivity index (χ1n) is 6.46. The second kappa shape index (κ2) is 5.54. The van der Waals surface area contributed by atoms with E-state index in [4.69, 9.17) is 0 Å². The first-order chi connectivity index (χ1) is 9.97. The van der Waals surface area contributed by atoms with Gasteiger partial charge < -0.3 is 4.90 Å². The Morgan fingerprint density at radius 1 is 1.19 bits per heavy atom. The van der Waals surface area contributed by atoms with E-state index in [0.29, 0.717) is 10.9 Å². The zero-order valence-electron chi connectivity index (χ0n) is 11.2. The molecule has 1 unspecified atom stereocenters. The summed E-state index contributed by atoms with van der Waals surface area (Å²) in [6.45, 7) is 0. The van der Waals surface area contributed by atoms with Gasteiger partial charge in [-0.1, -0.05) is 34.1 Å². The summed E-state index contributed by atoms with van der Waals surface area (Å²) in [4.78, 5) is 13.4. The fourth-order valence-electron chi connectivity index (χ4n) is 2.51. The van der Waals surface area contributed by atoms with E-state index in [0.717, 1.165) is 22.4 Å². The Morgan fingerprint density at radius 2 is 1.86 bits per heavy atom. The van der Waals surface area contributed by atoms with Crippen LogP contribution in [0.1, 0.15) is 21.5 Å². The zero-order chi connectivity index (χ0) is 15.1. The van der Waals surface area contributed by atoms with Crippen LogP contribution in [0.5, 0.6) is 0 Å². The van der Waals surface area contributed by atoms with Crippen molar-refractivity contribution in [2.75, 3.05) is 11.9 Å². The molecule has 1 heterocycles. The molecule has 3 rings (SSSR count). The molecule has 5 heteroatoms. The molecule has 0 fully saturated rings. The number of carbonyl (C=O) groups is 1. The van der Waals surface area contributed by atoms with Crippen LogP contribution in [0.25, 0.3) is 0 Å². The number of fused-ring (bicyclic) bond motifs is 1. The number of likely N-dealkylation sites (N-methyl/N-ethyl adjacent to an activating group) is 1. The minimum absolute atomic E-state index is 0.0410. The van der Waals surface area contributed by atoms with Crippen molar-refractivity contribution in [2.45, 2.75) is 11.2 Å². The molecule has 21 heavy (non-hydrogen) atoms. The van der Waals surface area contributed by atoms with E-state index in [-0.39, 0.29) is 16.6 Å². The van der Waals surface area contributed by atoms with E-state index in [1.54, 1.807) is 24.1 Å². The van der Waals surface area contributed by atoms with E-state index < -0.39 is 0 Å². The Bertz CT molecular complexity index is 732. The van der Waals surface area contributed by atoms with Gasteiger partial charge in [-0.2, -0.15) is 0 Å². The number of carbonyl (C=O) groups excluding carboxylic acids is 1. The molecule has 1 aliphatic heterocycles. The van der Waals surface area contributed by atoms with Crippen LogP contribution < -0.4 is 4.90 Å². The van der Waals surface area contributed by atoms with Gasteiger partial charge in [-0.15, -0.1) is 0 Å². The predicted molar refractivity (Wildman–Crippen MR) is 88.4 cm³/mol. The maximum absolute atomic E-state index is 13.3. The molecule has 0 aliphatic carbocycles. The van der Waals surface area contributed by atoms with Crippen molar-refractivity contribution in [2.24, 2.45) is 0 Å². The summed E-state index contributed by atoms with van der Waals surface area (Å²) in [5.41, 5.74) is 4.01. The van der Waals surface area contributed by atoms with Gasteiger partial charge in [0, 0.05) is 12.7 Å². The van der Waals surface area contributed by atoms with Crippen LogP contribution in [-0.2, 0) is 11.2 Å². The number of amides is 1. The van der Waals surface area contributed by atoms with Crippen LogP contribution in [-0.4, -0.2) is 13.0 Å². The highest BCUT2D eigenvalue weighted by Gasteiger charge is 2.25. The van der Waals surface area contributed by atoms with E-state index in [1.165, 1.54) is 6.07 Å². The minimum Gasteiger partial charge on any atom is -0.315 e. The Morgan fingerprint density at radius 3 is 2.57 bits per heavy atom. The Balaban J connectivity index is 1.96. The number of hydrogen-bond donors (Lipinski definition) is 0. The smallest absolute Gasteiger partial charge is 0.231 e. The summed E-state index contributed by atoms with van der Waals surface area (Å²) in [5.74, 6) is -0.169. The highest BCUT2D eigenvalue weighted by atomic mass is 79.9. The molecule has 1 atom stereocenters. The summed E-state index contributed by atoms with van der Waals surface area (Å²) in [5, 5.41) is 0. The fourth-order valence-corrected chi connectivity index (χ4v) is 3.48. The molecule has 0 saturated carbocycles. The molecule has 1 aliphatic rings.